The van der Waals surface area contributed by atoms with Gasteiger partial charge in [-0.3, -0.25) is 5.73 Å². The van der Waals surface area contributed by atoms with Gasteiger partial charge in [0.15, 0.2) is 6.29 Å². The summed E-state index contributed by atoms with van der Waals surface area (Å²) in [5.74, 6) is -0.0960. The summed E-state index contributed by atoms with van der Waals surface area (Å²) in [5.41, 5.74) is 27.6. The van der Waals surface area contributed by atoms with Crippen LogP contribution in [0.1, 0.15) is 0 Å². The molecule has 11 nitrogen and oxygen atoms in total. The third-order valence-corrected chi connectivity index (χ3v) is 1.88. The van der Waals surface area contributed by atoms with Gasteiger partial charge >= 0.3 is 0 Å². The fraction of sp³-hybridized carbons (Fsp3) is 0.167. The van der Waals surface area contributed by atoms with Crippen LogP contribution in [0.4, 0.5) is 17.8 Å². The highest BCUT2D eigenvalue weighted by atomic mass is 15.5. The number of guanidine groups is 2. The summed E-state index contributed by atoms with van der Waals surface area (Å²) < 4.78 is 0. The summed E-state index contributed by atoms with van der Waals surface area (Å²) in [7, 11) is 0. The van der Waals surface area contributed by atoms with E-state index in [1.54, 1.807) is 0 Å². The quantitative estimate of drug-likeness (QED) is 0.332. The number of hydrogen-bond donors (Lipinski definition) is 5. The molecule has 0 radical (unpaired) electrons. The van der Waals surface area contributed by atoms with Crippen molar-refractivity contribution >= 4 is 29.8 Å². The van der Waals surface area contributed by atoms with E-state index < -0.39 is 6.29 Å². The van der Waals surface area contributed by atoms with Crippen molar-refractivity contribution in [1.82, 2.24) is 15.0 Å². The first-order valence-corrected chi connectivity index (χ1v) is 4.46. The zero-order chi connectivity index (χ0) is 12.6. The van der Waals surface area contributed by atoms with Crippen LogP contribution >= 0.6 is 0 Å². The molecule has 0 spiro atoms. The maximum Gasteiger partial charge on any atom is 0.241 e. The van der Waals surface area contributed by atoms with E-state index in [0.29, 0.717) is 0 Å². The molecule has 11 heteroatoms. The summed E-state index contributed by atoms with van der Waals surface area (Å²) in [4.78, 5) is 20.0. The van der Waals surface area contributed by atoms with Crippen LogP contribution in [0.25, 0.3) is 0 Å². The number of anilines is 3. The first kappa shape index (κ1) is 10.8. The first-order valence-electron chi connectivity index (χ1n) is 4.46. The van der Waals surface area contributed by atoms with Crippen molar-refractivity contribution in [1.29, 1.82) is 0 Å². The largest absolute Gasteiger partial charge is 0.369 e. The average Bonchev–Trinajstić information content (AvgIpc) is 2.13. The number of aliphatic imine (C=N–C) groups is 2. The maximum atomic E-state index is 5.71. The van der Waals surface area contributed by atoms with Gasteiger partial charge in [-0.15, -0.1) is 0 Å². The fourth-order valence-corrected chi connectivity index (χ4v) is 1.25. The number of nitrogens with zero attached hydrogens (tertiary/aromatic N) is 6. The molecule has 0 saturated heterocycles. The van der Waals surface area contributed by atoms with E-state index in [9.17, 15) is 0 Å². The second kappa shape index (κ2) is 3.71. The highest BCUT2D eigenvalue weighted by Crippen LogP contribution is 2.14. The van der Waals surface area contributed by atoms with Crippen LogP contribution in [0.5, 0.6) is 0 Å². The lowest BCUT2D eigenvalue weighted by atomic mass is 10.6. The molecule has 0 aliphatic carbocycles. The molecule has 0 aromatic carbocycles. The Morgan fingerprint density at radius 3 is 2.06 bits per heavy atom. The van der Waals surface area contributed by atoms with Crippen LogP contribution in [0.3, 0.4) is 0 Å². The molecule has 2 rings (SSSR count). The van der Waals surface area contributed by atoms with Crippen molar-refractivity contribution in [2.45, 2.75) is 6.29 Å². The average molecular weight is 237 g/mol. The van der Waals surface area contributed by atoms with Crippen molar-refractivity contribution < 1.29 is 0 Å². The minimum absolute atomic E-state index is 0.00463. The molecule has 1 aromatic heterocycles. The molecule has 1 aliphatic heterocycles. The molecule has 0 saturated carbocycles. The van der Waals surface area contributed by atoms with E-state index >= 15 is 0 Å². The Morgan fingerprint density at radius 2 is 1.53 bits per heavy atom. The Kier molecular flexibility index (Phi) is 2.36. The first-order chi connectivity index (χ1) is 7.97. The molecule has 1 unspecified atom stereocenters. The zero-order valence-electron chi connectivity index (χ0n) is 8.65. The Bertz CT molecular complexity index is 484. The van der Waals surface area contributed by atoms with E-state index in [4.69, 9.17) is 28.7 Å². The van der Waals surface area contributed by atoms with E-state index in [0.717, 1.165) is 0 Å². The lowest BCUT2D eigenvalue weighted by molar-refractivity contribution is 0.699. The number of hydrogen-bond acceptors (Lipinski definition) is 11. The highest BCUT2D eigenvalue weighted by Gasteiger charge is 2.25. The summed E-state index contributed by atoms with van der Waals surface area (Å²) >= 11 is 0. The minimum Gasteiger partial charge on any atom is -0.369 e. The molecule has 0 bridgehead atoms. The molecule has 90 valence electrons. The molecule has 1 atom stereocenters. The molecule has 0 fully saturated rings. The molecule has 17 heavy (non-hydrogen) atoms. The number of nitrogen functional groups attached to an aromatic ring is 2. The smallest absolute Gasteiger partial charge is 0.241 e. The Labute approximate surface area is 95.4 Å². The van der Waals surface area contributed by atoms with E-state index in [2.05, 4.69) is 24.9 Å². The fourth-order valence-electron chi connectivity index (χ4n) is 1.25. The monoisotopic (exact) mass is 237 g/mol. The SMILES string of the molecule is NC1=NC(N)N(c2nc(N)nc(N)n2)C(N)=N1. The predicted molar refractivity (Wildman–Crippen MR) is 62.4 cm³/mol. The summed E-state index contributed by atoms with van der Waals surface area (Å²) in [6.07, 6.45) is -0.895. The lowest BCUT2D eigenvalue weighted by Crippen LogP contribution is -2.53. The third kappa shape index (κ3) is 1.98. The van der Waals surface area contributed by atoms with Crippen molar-refractivity contribution in [2.75, 3.05) is 16.4 Å². The van der Waals surface area contributed by atoms with Gasteiger partial charge in [0.05, 0.1) is 0 Å². The van der Waals surface area contributed by atoms with Crippen molar-refractivity contribution in [2.24, 2.45) is 27.2 Å². The second-order valence-electron chi connectivity index (χ2n) is 3.09. The molecular weight excluding hydrogens is 226 g/mol. The van der Waals surface area contributed by atoms with Crippen molar-refractivity contribution in [3.8, 4) is 0 Å². The number of aromatic nitrogens is 3. The van der Waals surface area contributed by atoms with Crippen LogP contribution in [0.2, 0.25) is 0 Å². The molecule has 0 amide bonds. The van der Waals surface area contributed by atoms with Crippen molar-refractivity contribution in [3.63, 3.8) is 0 Å². The van der Waals surface area contributed by atoms with Gasteiger partial charge < -0.3 is 22.9 Å². The third-order valence-electron chi connectivity index (χ3n) is 1.88. The normalized spacial score (nSPS) is 19.8. The standard InChI is InChI=1S/C6H11N11/c7-1-12-2(8)16-6(15-1)17-4(10)13-3(9)14-5(17)11/h4H,10H2,(H4,9,11,13,14)(H4,7,8,12,15,16). The van der Waals surface area contributed by atoms with Gasteiger partial charge in [0.1, 0.15) is 0 Å². The van der Waals surface area contributed by atoms with Gasteiger partial charge in [-0.2, -0.15) is 19.9 Å². The highest BCUT2D eigenvalue weighted by molar-refractivity contribution is 6.03. The Balaban J connectivity index is 2.44. The van der Waals surface area contributed by atoms with Crippen LogP contribution in [-0.4, -0.2) is 33.2 Å². The van der Waals surface area contributed by atoms with E-state index in [1.807, 2.05) is 0 Å². The Hall–Kier alpha value is -2.69. The van der Waals surface area contributed by atoms with Crippen LogP contribution < -0.4 is 33.6 Å². The summed E-state index contributed by atoms with van der Waals surface area (Å²) in [5, 5.41) is 0. The van der Waals surface area contributed by atoms with Gasteiger partial charge in [-0.25, -0.2) is 9.89 Å². The number of rotatable bonds is 1. The molecule has 10 N–H and O–H groups in total. The maximum absolute atomic E-state index is 5.71. The minimum atomic E-state index is -0.895. The van der Waals surface area contributed by atoms with Gasteiger partial charge in [0.2, 0.25) is 29.8 Å². The molecule has 1 aromatic rings. The van der Waals surface area contributed by atoms with Gasteiger partial charge in [0, 0.05) is 0 Å². The molecular formula is C6H11N11. The predicted octanol–water partition coefficient (Wildman–Crippen LogP) is -3.27. The Morgan fingerprint density at radius 1 is 0.941 bits per heavy atom. The van der Waals surface area contributed by atoms with Crippen LogP contribution in [-0.2, 0) is 0 Å². The van der Waals surface area contributed by atoms with Gasteiger partial charge in [-0.05, 0) is 0 Å². The van der Waals surface area contributed by atoms with E-state index in [-0.39, 0.29) is 29.8 Å². The lowest BCUT2D eigenvalue weighted by Gasteiger charge is -2.27. The van der Waals surface area contributed by atoms with Gasteiger partial charge in [-0.1, -0.05) is 0 Å². The molecule has 2 heterocycles. The zero-order valence-corrected chi connectivity index (χ0v) is 8.65. The van der Waals surface area contributed by atoms with E-state index in [1.165, 1.54) is 4.90 Å². The number of nitrogens with two attached hydrogens (primary N) is 5. The topological polar surface area (TPSA) is 197 Å². The molecule has 1 aliphatic rings. The van der Waals surface area contributed by atoms with Crippen LogP contribution in [0.15, 0.2) is 9.98 Å². The van der Waals surface area contributed by atoms with Crippen LogP contribution in [0, 0.1) is 0 Å². The summed E-state index contributed by atoms with van der Waals surface area (Å²) in [6.45, 7) is 0. The van der Waals surface area contributed by atoms with Crippen molar-refractivity contribution in [3.05, 3.63) is 0 Å². The summed E-state index contributed by atoms with van der Waals surface area (Å²) in [6, 6.07) is 0. The van der Waals surface area contributed by atoms with Gasteiger partial charge in [0.25, 0.3) is 0 Å². The second-order valence-corrected chi connectivity index (χ2v) is 3.09.